The maximum Gasteiger partial charge on any atom is 0.303 e. The van der Waals surface area contributed by atoms with E-state index in [0.717, 1.165) is 70.6 Å². The van der Waals surface area contributed by atoms with E-state index < -0.39 is 24.3 Å². The first-order valence-electron chi connectivity index (χ1n) is 23.4. The van der Waals surface area contributed by atoms with Crippen LogP contribution in [0.2, 0.25) is 0 Å². The van der Waals surface area contributed by atoms with Crippen molar-refractivity contribution in [2.24, 2.45) is 92.7 Å². The maximum atomic E-state index is 15.6. The van der Waals surface area contributed by atoms with E-state index in [1.165, 1.54) is 25.7 Å². The zero-order valence-electron chi connectivity index (χ0n) is 35.7. The summed E-state index contributed by atoms with van der Waals surface area (Å²) in [6.07, 6.45) is 15.8. The van der Waals surface area contributed by atoms with Gasteiger partial charge in [0.15, 0.2) is 0 Å². The molecule has 0 aromatic heterocycles. The number of carboxylic acid groups (broad SMARTS) is 2. The zero-order valence-corrected chi connectivity index (χ0v) is 35.7. The van der Waals surface area contributed by atoms with Gasteiger partial charge in [0.1, 0.15) is 12.3 Å². The molecule has 8 saturated carbocycles. The van der Waals surface area contributed by atoms with Crippen LogP contribution in [0.1, 0.15) is 170 Å². The lowest BCUT2D eigenvalue weighted by molar-refractivity contribution is -0.174. The van der Waals surface area contributed by atoms with E-state index in [1.54, 1.807) is 0 Å². The molecule has 0 bridgehead atoms. The molecule has 8 aliphatic rings. The number of aliphatic hydroxyl groups excluding tert-OH is 2. The van der Waals surface area contributed by atoms with Crippen molar-refractivity contribution in [3.05, 3.63) is 0 Å². The van der Waals surface area contributed by atoms with Crippen molar-refractivity contribution in [1.82, 2.24) is 0 Å². The highest BCUT2D eigenvalue weighted by atomic mass is 19.1. The van der Waals surface area contributed by atoms with Crippen LogP contribution in [0.15, 0.2) is 0 Å². The molecule has 320 valence electrons. The Morgan fingerprint density at radius 1 is 0.571 bits per heavy atom. The molecule has 0 heterocycles. The maximum absolute atomic E-state index is 15.6. The predicted octanol–water partition coefficient (Wildman–Crippen LogP) is 10.9. The van der Waals surface area contributed by atoms with E-state index in [-0.39, 0.29) is 58.5 Å². The molecule has 56 heavy (non-hydrogen) atoms. The van der Waals surface area contributed by atoms with Gasteiger partial charge in [-0.3, -0.25) is 9.59 Å². The van der Waals surface area contributed by atoms with Crippen molar-refractivity contribution in [3.63, 3.8) is 0 Å². The summed E-state index contributed by atoms with van der Waals surface area (Å²) in [6.45, 7) is 14.1. The minimum Gasteiger partial charge on any atom is -0.481 e. The molecule has 0 spiro atoms. The Morgan fingerprint density at radius 2 is 1.02 bits per heavy atom. The van der Waals surface area contributed by atoms with Gasteiger partial charge in [-0.2, -0.15) is 0 Å². The molecule has 8 rings (SSSR count). The molecule has 8 heteroatoms. The van der Waals surface area contributed by atoms with Crippen molar-refractivity contribution in [2.75, 3.05) is 0 Å². The molecular formula is C48H78F2O6. The number of carboxylic acids is 2. The first-order valence-corrected chi connectivity index (χ1v) is 23.4. The number of alkyl halides is 2. The highest BCUT2D eigenvalue weighted by Crippen LogP contribution is 2.70. The standard InChI is InChI=1S/C24H38F2O2.C24H40O4/c2*1-14(4-7-21(27)28)17-5-6-18-22-19(9-11-24(17,18)3)23(2)10-8-16(25)12-15(23)13-20(22)26/h14-20,22H,4-13H2,1-3H3,(H,27,28);14-20,22,25-26H,4-13H2,1-3H3,(H,27,28)/t14-,15+,16?,17-,18+,19+,20?,22+,23+,24-;14-,15+,16-,17-,18+,19+,20+,22+,23+,24-/m11/s1. The second-order valence-electron chi connectivity index (χ2n) is 22.6. The normalized spacial score (nSPS) is 51.7. The molecule has 6 nitrogen and oxygen atoms in total. The van der Waals surface area contributed by atoms with Gasteiger partial charge in [-0.05, 0) is 208 Å². The molecule has 0 aromatic rings. The summed E-state index contributed by atoms with van der Waals surface area (Å²) < 4.78 is 29.6. The number of halogens is 2. The Kier molecular flexibility index (Phi) is 12.2. The highest BCUT2D eigenvalue weighted by Gasteiger charge is 2.65. The molecule has 0 saturated heterocycles. The van der Waals surface area contributed by atoms with Crippen LogP contribution in [-0.2, 0) is 9.59 Å². The van der Waals surface area contributed by atoms with Crippen molar-refractivity contribution in [1.29, 1.82) is 0 Å². The van der Waals surface area contributed by atoms with Gasteiger partial charge in [0.25, 0.3) is 0 Å². The Bertz CT molecular complexity index is 1320. The third-order valence-electron chi connectivity index (χ3n) is 20.4. The number of carbonyl (C=O) groups is 2. The van der Waals surface area contributed by atoms with Crippen molar-refractivity contribution >= 4 is 11.9 Å². The fourth-order valence-electron chi connectivity index (χ4n) is 17.4. The van der Waals surface area contributed by atoms with Crippen LogP contribution in [0.3, 0.4) is 0 Å². The molecule has 8 fully saturated rings. The smallest absolute Gasteiger partial charge is 0.303 e. The van der Waals surface area contributed by atoms with E-state index in [0.29, 0.717) is 78.4 Å². The molecule has 2 unspecified atom stereocenters. The fourth-order valence-corrected chi connectivity index (χ4v) is 17.4. The number of fused-ring (bicyclic) bond motifs is 10. The topological polar surface area (TPSA) is 115 Å². The molecule has 0 radical (unpaired) electrons. The van der Waals surface area contributed by atoms with Gasteiger partial charge >= 0.3 is 11.9 Å². The van der Waals surface area contributed by atoms with Crippen LogP contribution in [0.4, 0.5) is 8.78 Å². The van der Waals surface area contributed by atoms with Crippen molar-refractivity contribution in [3.8, 4) is 0 Å². The Morgan fingerprint density at radius 3 is 1.55 bits per heavy atom. The predicted molar refractivity (Wildman–Crippen MR) is 215 cm³/mol. The third kappa shape index (κ3) is 7.33. The third-order valence-corrected chi connectivity index (χ3v) is 20.4. The Labute approximate surface area is 337 Å². The van der Waals surface area contributed by atoms with E-state index in [4.69, 9.17) is 10.2 Å². The number of hydrogen-bond acceptors (Lipinski definition) is 4. The van der Waals surface area contributed by atoms with Crippen LogP contribution >= 0.6 is 0 Å². The lowest BCUT2D eigenvalue weighted by atomic mass is 9.43. The number of hydrogen-bond donors (Lipinski definition) is 4. The lowest BCUT2D eigenvalue weighted by Crippen LogP contribution is -2.58. The fraction of sp³-hybridized carbons (Fsp3) is 0.958. The van der Waals surface area contributed by atoms with Gasteiger partial charge < -0.3 is 20.4 Å². The summed E-state index contributed by atoms with van der Waals surface area (Å²) in [6, 6.07) is 0. The van der Waals surface area contributed by atoms with Crippen LogP contribution in [0.5, 0.6) is 0 Å². The first-order chi connectivity index (χ1) is 26.3. The van der Waals surface area contributed by atoms with Gasteiger partial charge in [-0.25, -0.2) is 8.78 Å². The Hall–Kier alpha value is -1.28. The molecule has 20 atom stereocenters. The zero-order chi connectivity index (χ0) is 40.5. The van der Waals surface area contributed by atoms with Gasteiger partial charge in [0.2, 0.25) is 0 Å². The van der Waals surface area contributed by atoms with Gasteiger partial charge in [-0.1, -0.05) is 41.5 Å². The summed E-state index contributed by atoms with van der Waals surface area (Å²) in [5.41, 5.74) is 0.781. The van der Waals surface area contributed by atoms with Crippen LogP contribution in [0.25, 0.3) is 0 Å². The number of aliphatic hydroxyl groups is 2. The summed E-state index contributed by atoms with van der Waals surface area (Å²) in [7, 11) is 0. The second kappa shape index (κ2) is 16.0. The van der Waals surface area contributed by atoms with Crippen LogP contribution < -0.4 is 0 Å². The average Bonchev–Trinajstić information content (AvgIpc) is 3.68. The molecule has 0 amide bonds. The second-order valence-corrected chi connectivity index (χ2v) is 22.6. The first kappa shape index (κ1) is 42.8. The van der Waals surface area contributed by atoms with Crippen LogP contribution in [0, 0.1) is 92.7 Å². The van der Waals surface area contributed by atoms with Crippen molar-refractivity contribution < 1.29 is 38.8 Å². The quantitative estimate of drug-likeness (QED) is 0.195. The molecule has 4 N–H and O–H groups in total. The molecule has 0 aliphatic heterocycles. The van der Waals surface area contributed by atoms with Crippen LogP contribution in [-0.4, -0.2) is 56.9 Å². The van der Waals surface area contributed by atoms with E-state index in [2.05, 4.69) is 41.5 Å². The number of aliphatic carboxylic acids is 2. The van der Waals surface area contributed by atoms with Gasteiger partial charge in [0.05, 0.1) is 12.2 Å². The summed E-state index contributed by atoms with van der Waals surface area (Å²) in [5, 5.41) is 39.6. The van der Waals surface area contributed by atoms with Gasteiger partial charge in [0, 0.05) is 12.8 Å². The summed E-state index contributed by atoms with van der Waals surface area (Å²) >= 11 is 0. The van der Waals surface area contributed by atoms with Gasteiger partial charge in [-0.15, -0.1) is 0 Å². The highest BCUT2D eigenvalue weighted by molar-refractivity contribution is 5.66. The molecule has 8 aliphatic carbocycles. The van der Waals surface area contributed by atoms with Crippen molar-refractivity contribution in [2.45, 2.75) is 195 Å². The minimum atomic E-state index is -0.786. The van der Waals surface area contributed by atoms with E-state index in [9.17, 15) is 24.2 Å². The van der Waals surface area contributed by atoms with E-state index in [1.807, 2.05) is 0 Å². The number of rotatable bonds is 8. The summed E-state index contributed by atoms with van der Waals surface area (Å²) in [4.78, 5) is 22.1. The van der Waals surface area contributed by atoms with E-state index >= 15 is 4.39 Å². The molecular weight excluding hydrogens is 711 g/mol. The SMILES string of the molecule is C[C@H](CCC(=O)O)[C@H]1CC[C@H]2[C@@H]3C(F)C[C@@H]4CC(F)CC[C@]4(C)[C@H]3CC[C@]12C.C[C@H](CCC(=O)O)[C@H]1CC[C@H]2[C@@H]3[C@@H](O)C[C@@H]4C[C@H](O)CC[C@]4(C)[C@H]3CC[C@]12C. The largest absolute Gasteiger partial charge is 0.481 e. The average molecular weight is 789 g/mol. The monoisotopic (exact) mass is 789 g/mol. The summed E-state index contributed by atoms with van der Waals surface area (Å²) in [5.74, 6) is 3.70. The minimum absolute atomic E-state index is 0.115. The lowest BCUT2D eigenvalue weighted by Gasteiger charge is -2.62. The Balaban J connectivity index is 0.000000172. The molecule has 0 aromatic carbocycles.